The summed E-state index contributed by atoms with van der Waals surface area (Å²) in [6, 6.07) is 5.66. The summed E-state index contributed by atoms with van der Waals surface area (Å²) in [4.78, 5) is 16.7. The molecule has 2 aromatic rings. The molecule has 1 aromatic heterocycles. The van der Waals surface area contributed by atoms with Crippen molar-refractivity contribution >= 4 is 16.9 Å². The molecule has 1 N–H and O–H groups in total. The first-order chi connectivity index (χ1) is 10.0. The van der Waals surface area contributed by atoms with Crippen molar-refractivity contribution in [2.75, 3.05) is 20.3 Å². The van der Waals surface area contributed by atoms with Crippen LogP contribution in [-0.2, 0) is 11.8 Å². The molecule has 5 nitrogen and oxygen atoms in total. The standard InChI is InChI=1S/C16H23N3O2/c1-11(2)15-18-13-10-12(6-7-14(13)19(15)3)16(20)17-8-5-9-21-4/h6-7,10-11H,5,8-9H2,1-4H3,(H,17,20). The van der Waals surface area contributed by atoms with Crippen molar-refractivity contribution in [2.24, 2.45) is 7.05 Å². The highest BCUT2D eigenvalue weighted by Gasteiger charge is 2.13. The highest BCUT2D eigenvalue weighted by Crippen LogP contribution is 2.21. The van der Waals surface area contributed by atoms with Crippen molar-refractivity contribution in [2.45, 2.75) is 26.2 Å². The Hall–Kier alpha value is -1.88. The summed E-state index contributed by atoms with van der Waals surface area (Å²) in [5.41, 5.74) is 2.56. The fourth-order valence-electron chi connectivity index (χ4n) is 2.40. The molecular formula is C16H23N3O2. The number of nitrogens with one attached hydrogen (secondary N) is 1. The quantitative estimate of drug-likeness (QED) is 0.831. The van der Waals surface area contributed by atoms with Gasteiger partial charge in [-0.1, -0.05) is 13.8 Å². The highest BCUT2D eigenvalue weighted by atomic mass is 16.5. The van der Waals surface area contributed by atoms with Gasteiger partial charge in [-0.05, 0) is 24.6 Å². The predicted molar refractivity (Wildman–Crippen MR) is 83.6 cm³/mol. The predicted octanol–water partition coefficient (Wildman–Crippen LogP) is 2.46. The highest BCUT2D eigenvalue weighted by molar-refractivity contribution is 5.97. The van der Waals surface area contributed by atoms with Crippen LogP contribution in [-0.4, -0.2) is 35.7 Å². The van der Waals surface area contributed by atoms with Crippen molar-refractivity contribution < 1.29 is 9.53 Å². The molecule has 0 spiro atoms. The van der Waals surface area contributed by atoms with Gasteiger partial charge in [-0.25, -0.2) is 4.98 Å². The Morgan fingerprint density at radius 2 is 2.19 bits per heavy atom. The molecule has 2 rings (SSSR count). The van der Waals surface area contributed by atoms with Crippen LogP contribution in [0.4, 0.5) is 0 Å². The Labute approximate surface area is 125 Å². The van der Waals surface area contributed by atoms with Gasteiger partial charge >= 0.3 is 0 Å². The molecule has 0 unspecified atom stereocenters. The third kappa shape index (κ3) is 3.42. The largest absolute Gasteiger partial charge is 0.385 e. The van der Waals surface area contributed by atoms with Crippen LogP contribution in [0.2, 0.25) is 0 Å². The maximum absolute atomic E-state index is 12.1. The van der Waals surface area contributed by atoms with Crippen molar-refractivity contribution in [3.63, 3.8) is 0 Å². The molecule has 5 heteroatoms. The average molecular weight is 289 g/mol. The zero-order valence-electron chi connectivity index (χ0n) is 13.1. The van der Waals surface area contributed by atoms with Crippen LogP contribution in [0.3, 0.4) is 0 Å². The van der Waals surface area contributed by atoms with Crippen molar-refractivity contribution in [3.8, 4) is 0 Å². The number of nitrogens with zero attached hydrogens (tertiary/aromatic N) is 2. The first kappa shape index (κ1) is 15.5. The van der Waals surface area contributed by atoms with Gasteiger partial charge in [0.15, 0.2) is 0 Å². The molecule has 1 aromatic carbocycles. The molecule has 0 aliphatic carbocycles. The van der Waals surface area contributed by atoms with E-state index in [1.807, 2.05) is 25.2 Å². The molecular weight excluding hydrogens is 266 g/mol. The van der Waals surface area contributed by atoms with E-state index < -0.39 is 0 Å². The van der Waals surface area contributed by atoms with Crippen LogP contribution in [0, 0.1) is 0 Å². The Morgan fingerprint density at radius 1 is 1.43 bits per heavy atom. The van der Waals surface area contributed by atoms with E-state index in [0.29, 0.717) is 24.6 Å². The minimum absolute atomic E-state index is 0.0650. The van der Waals surface area contributed by atoms with E-state index in [4.69, 9.17) is 4.74 Å². The van der Waals surface area contributed by atoms with Crippen LogP contribution >= 0.6 is 0 Å². The molecule has 114 valence electrons. The van der Waals surface area contributed by atoms with Crippen LogP contribution in [0.5, 0.6) is 0 Å². The van der Waals surface area contributed by atoms with E-state index in [9.17, 15) is 4.79 Å². The average Bonchev–Trinajstić information content (AvgIpc) is 2.80. The zero-order valence-corrected chi connectivity index (χ0v) is 13.1. The first-order valence-corrected chi connectivity index (χ1v) is 7.28. The van der Waals surface area contributed by atoms with E-state index in [1.165, 1.54) is 0 Å². The number of carbonyl (C=O) groups excluding carboxylic acids is 1. The molecule has 1 heterocycles. The lowest BCUT2D eigenvalue weighted by Crippen LogP contribution is -2.25. The smallest absolute Gasteiger partial charge is 0.251 e. The van der Waals surface area contributed by atoms with E-state index in [1.54, 1.807) is 7.11 Å². The summed E-state index contributed by atoms with van der Waals surface area (Å²) in [7, 11) is 3.66. The molecule has 0 atom stereocenters. The topological polar surface area (TPSA) is 56.1 Å². The fraction of sp³-hybridized carbons (Fsp3) is 0.500. The lowest BCUT2D eigenvalue weighted by Gasteiger charge is -2.05. The minimum atomic E-state index is -0.0650. The monoisotopic (exact) mass is 289 g/mol. The van der Waals surface area contributed by atoms with Gasteiger partial charge < -0.3 is 14.6 Å². The molecule has 0 saturated heterocycles. The van der Waals surface area contributed by atoms with Gasteiger partial charge in [0.05, 0.1) is 11.0 Å². The van der Waals surface area contributed by atoms with Crippen molar-refractivity contribution in [1.82, 2.24) is 14.9 Å². The number of amides is 1. The minimum Gasteiger partial charge on any atom is -0.385 e. The van der Waals surface area contributed by atoms with Crippen LogP contribution in [0.25, 0.3) is 11.0 Å². The Morgan fingerprint density at radius 3 is 2.86 bits per heavy atom. The number of aromatic nitrogens is 2. The SMILES string of the molecule is COCCCNC(=O)c1ccc2c(c1)nc(C(C)C)n2C. The number of methoxy groups -OCH3 is 1. The van der Waals surface area contributed by atoms with E-state index in [-0.39, 0.29) is 5.91 Å². The summed E-state index contributed by atoms with van der Waals surface area (Å²) in [5, 5.41) is 2.89. The number of fused-ring (bicyclic) bond motifs is 1. The molecule has 0 fully saturated rings. The molecule has 1 amide bonds. The second-order valence-electron chi connectivity index (χ2n) is 5.49. The Balaban J connectivity index is 2.17. The number of hydrogen-bond donors (Lipinski definition) is 1. The van der Waals surface area contributed by atoms with Gasteiger partial charge in [-0.15, -0.1) is 0 Å². The number of carbonyl (C=O) groups is 1. The van der Waals surface area contributed by atoms with Gasteiger partial charge in [-0.3, -0.25) is 4.79 Å². The number of hydrogen-bond acceptors (Lipinski definition) is 3. The van der Waals surface area contributed by atoms with Gasteiger partial charge in [0.1, 0.15) is 5.82 Å². The van der Waals surface area contributed by atoms with Crippen LogP contribution < -0.4 is 5.32 Å². The van der Waals surface area contributed by atoms with E-state index >= 15 is 0 Å². The van der Waals surface area contributed by atoms with Gasteiger partial charge in [0.25, 0.3) is 5.91 Å². The lowest BCUT2D eigenvalue weighted by atomic mass is 10.2. The second-order valence-corrected chi connectivity index (χ2v) is 5.49. The normalized spacial score (nSPS) is 11.3. The van der Waals surface area contributed by atoms with Gasteiger partial charge in [0.2, 0.25) is 0 Å². The Kier molecular flexibility index (Phi) is 4.96. The van der Waals surface area contributed by atoms with Crippen LogP contribution in [0.1, 0.15) is 42.4 Å². The van der Waals surface area contributed by atoms with Crippen molar-refractivity contribution in [3.05, 3.63) is 29.6 Å². The fourth-order valence-corrected chi connectivity index (χ4v) is 2.40. The molecule has 0 bridgehead atoms. The van der Waals surface area contributed by atoms with E-state index in [2.05, 4.69) is 28.7 Å². The summed E-state index contributed by atoms with van der Waals surface area (Å²) < 4.78 is 7.04. The molecule has 0 saturated carbocycles. The van der Waals surface area contributed by atoms with E-state index in [0.717, 1.165) is 23.3 Å². The maximum atomic E-state index is 12.1. The zero-order chi connectivity index (χ0) is 15.4. The van der Waals surface area contributed by atoms with Crippen LogP contribution in [0.15, 0.2) is 18.2 Å². The Bertz CT molecular complexity index is 632. The summed E-state index contributed by atoms with van der Waals surface area (Å²) in [5.74, 6) is 1.32. The summed E-state index contributed by atoms with van der Waals surface area (Å²) in [6.07, 6.45) is 0.811. The maximum Gasteiger partial charge on any atom is 0.251 e. The second kappa shape index (κ2) is 6.72. The molecule has 0 aliphatic heterocycles. The molecule has 0 radical (unpaired) electrons. The molecule has 0 aliphatic rings. The third-order valence-corrected chi connectivity index (χ3v) is 3.50. The number of rotatable bonds is 6. The first-order valence-electron chi connectivity index (χ1n) is 7.28. The lowest BCUT2D eigenvalue weighted by molar-refractivity contribution is 0.0948. The van der Waals surface area contributed by atoms with Crippen molar-refractivity contribution in [1.29, 1.82) is 0 Å². The number of aryl methyl sites for hydroxylation is 1. The number of ether oxygens (including phenoxy) is 1. The molecule has 21 heavy (non-hydrogen) atoms. The summed E-state index contributed by atoms with van der Waals surface area (Å²) >= 11 is 0. The number of benzene rings is 1. The third-order valence-electron chi connectivity index (χ3n) is 3.50. The van der Waals surface area contributed by atoms with Gasteiger partial charge in [-0.2, -0.15) is 0 Å². The summed E-state index contributed by atoms with van der Waals surface area (Å²) in [6.45, 7) is 5.50. The number of imidazole rings is 1. The van der Waals surface area contributed by atoms with Gasteiger partial charge in [0, 0.05) is 38.8 Å².